The largest absolute Gasteiger partial charge is 0.347 e. The molecule has 2 saturated heterocycles. The van der Waals surface area contributed by atoms with E-state index in [0.717, 1.165) is 0 Å². The Morgan fingerprint density at radius 3 is 2.91 bits per heavy atom. The molecule has 0 saturated carbocycles. The van der Waals surface area contributed by atoms with Gasteiger partial charge >= 0.3 is 5.69 Å². The Morgan fingerprint density at radius 1 is 1.32 bits per heavy atom. The van der Waals surface area contributed by atoms with E-state index in [9.17, 15) is 9.59 Å². The number of hydrogen-bond donors (Lipinski definition) is 1. The number of fused-ring (bicyclic) bond motifs is 6. The fourth-order valence-corrected chi connectivity index (χ4v) is 3.68. The fraction of sp³-hybridized carbons (Fsp3) is 0.615. The first kappa shape index (κ1) is 12.6. The molecule has 0 aliphatic carbocycles. The van der Waals surface area contributed by atoms with Gasteiger partial charge in [0.25, 0.3) is 5.56 Å². The van der Waals surface area contributed by atoms with Crippen LogP contribution in [-0.2, 0) is 20.8 Å². The van der Waals surface area contributed by atoms with Gasteiger partial charge in [0.1, 0.15) is 18.3 Å². The molecule has 5 heterocycles. The van der Waals surface area contributed by atoms with Crippen LogP contribution >= 0.6 is 0 Å². The molecule has 4 unspecified atom stereocenters. The van der Waals surface area contributed by atoms with Crippen molar-refractivity contribution in [3.8, 4) is 0 Å². The Labute approximate surface area is 123 Å². The molecule has 2 bridgehead atoms. The van der Waals surface area contributed by atoms with Crippen molar-refractivity contribution in [1.82, 2.24) is 19.1 Å². The van der Waals surface area contributed by atoms with Gasteiger partial charge in [0.05, 0.1) is 12.9 Å². The molecule has 3 aliphatic rings. The number of aromatic nitrogens is 4. The zero-order valence-corrected chi connectivity index (χ0v) is 12.0. The van der Waals surface area contributed by atoms with E-state index >= 15 is 0 Å². The number of imidazole rings is 1. The number of rotatable bonds is 0. The number of nitrogens with zero attached hydrogens (tertiary/aromatic N) is 3. The average Bonchev–Trinajstić information content (AvgIpc) is 3.01. The van der Waals surface area contributed by atoms with Crippen LogP contribution in [0.5, 0.6) is 0 Å². The highest BCUT2D eigenvalue weighted by Crippen LogP contribution is 2.44. The second-order valence-electron chi connectivity index (χ2n) is 6.33. The van der Waals surface area contributed by atoms with Crippen LogP contribution in [0.4, 0.5) is 0 Å². The van der Waals surface area contributed by atoms with Crippen LogP contribution < -0.4 is 11.2 Å². The van der Waals surface area contributed by atoms with Crippen molar-refractivity contribution in [3.05, 3.63) is 27.2 Å². The lowest BCUT2D eigenvalue weighted by Gasteiger charge is -2.23. The summed E-state index contributed by atoms with van der Waals surface area (Å²) in [5.41, 5.74) is -0.328. The second-order valence-corrected chi connectivity index (χ2v) is 6.33. The monoisotopic (exact) mass is 306 g/mol. The lowest BCUT2D eigenvalue weighted by atomic mass is 10.1. The van der Waals surface area contributed by atoms with Gasteiger partial charge in [0.15, 0.2) is 23.2 Å². The Bertz CT molecular complexity index is 909. The zero-order valence-electron chi connectivity index (χ0n) is 12.0. The molecule has 2 fully saturated rings. The number of H-pyrrole nitrogens is 1. The van der Waals surface area contributed by atoms with Gasteiger partial charge in [-0.3, -0.25) is 9.78 Å². The minimum Gasteiger partial charge on any atom is -0.347 e. The molecule has 2 aromatic heterocycles. The summed E-state index contributed by atoms with van der Waals surface area (Å²) in [5.74, 6) is -0.724. The van der Waals surface area contributed by atoms with Gasteiger partial charge < -0.3 is 18.8 Å². The summed E-state index contributed by atoms with van der Waals surface area (Å²) in [7, 11) is 0. The number of aromatic amines is 1. The number of ether oxygens (including phenoxy) is 3. The van der Waals surface area contributed by atoms with Crippen molar-refractivity contribution in [2.75, 3.05) is 0 Å². The first-order valence-electron chi connectivity index (χ1n) is 7.15. The Hall–Kier alpha value is -1.97. The average molecular weight is 306 g/mol. The normalized spacial score (nSPS) is 34.8. The first-order valence-corrected chi connectivity index (χ1v) is 7.15. The third-order valence-electron chi connectivity index (χ3n) is 4.45. The highest BCUT2D eigenvalue weighted by molar-refractivity contribution is 5.70. The summed E-state index contributed by atoms with van der Waals surface area (Å²) in [6.45, 7) is 4.13. The highest BCUT2D eigenvalue weighted by atomic mass is 16.8. The third kappa shape index (κ3) is 1.40. The standard InChI is InChI=1S/C13H14N4O5/c1-13(2)21-7-5-3-16-4-14-6-9(18)15-12(19)17(10(6)16)11(20-5)8(7)22-13/h4-5,7-8,11H,3H2,1-2H3,(H,15,18,19). The van der Waals surface area contributed by atoms with Gasteiger partial charge in [-0.25, -0.2) is 14.3 Å². The predicted octanol–water partition coefficient (Wildman–Crippen LogP) is -0.683. The summed E-state index contributed by atoms with van der Waals surface area (Å²) < 4.78 is 21.0. The molecule has 22 heavy (non-hydrogen) atoms. The molecule has 5 rings (SSSR count). The minimum atomic E-state index is -0.724. The Balaban J connectivity index is 1.80. The second kappa shape index (κ2) is 3.67. The van der Waals surface area contributed by atoms with Gasteiger partial charge in [-0.1, -0.05) is 0 Å². The predicted molar refractivity (Wildman–Crippen MR) is 72.3 cm³/mol. The van der Waals surface area contributed by atoms with E-state index in [1.807, 2.05) is 13.8 Å². The maximum Gasteiger partial charge on any atom is 0.332 e. The SMILES string of the molecule is CC1(C)OC2C3Cn4cnc5c(=O)[nH]c(=O)n(c54)C(O3)C2O1. The summed E-state index contributed by atoms with van der Waals surface area (Å²) in [4.78, 5) is 30.7. The number of nitrogens with one attached hydrogen (secondary N) is 1. The van der Waals surface area contributed by atoms with Crippen molar-refractivity contribution in [2.45, 2.75) is 50.7 Å². The van der Waals surface area contributed by atoms with E-state index in [4.69, 9.17) is 14.2 Å². The molecular formula is C13H14N4O5. The van der Waals surface area contributed by atoms with Crippen molar-refractivity contribution < 1.29 is 14.2 Å². The zero-order chi connectivity index (χ0) is 15.2. The van der Waals surface area contributed by atoms with Gasteiger partial charge in [-0.2, -0.15) is 0 Å². The van der Waals surface area contributed by atoms with Crippen molar-refractivity contribution in [3.63, 3.8) is 0 Å². The minimum absolute atomic E-state index is 0.227. The molecule has 2 aromatic rings. The molecule has 4 atom stereocenters. The van der Waals surface area contributed by atoms with Crippen LogP contribution in [0.2, 0.25) is 0 Å². The van der Waals surface area contributed by atoms with E-state index in [-0.39, 0.29) is 17.7 Å². The lowest BCUT2D eigenvalue weighted by molar-refractivity contribution is -0.196. The summed E-state index contributed by atoms with van der Waals surface area (Å²) >= 11 is 0. The van der Waals surface area contributed by atoms with Crippen LogP contribution in [0.3, 0.4) is 0 Å². The Kier molecular flexibility index (Phi) is 2.10. The molecule has 0 spiro atoms. The van der Waals surface area contributed by atoms with Crippen molar-refractivity contribution in [2.24, 2.45) is 0 Å². The Morgan fingerprint density at radius 2 is 2.09 bits per heavy atom. The number of hydrogen-bond acceptors (Lipinski definition) is 6. The van der Waals surface area contributed by atoms with Gasteiger partial charge in [0.2, 0.25) is 0 Å². The smallest absolute Gasteiger partial charge is 0.332 e. The van der Waals surface area contributed by atoms with E-state index < -0.39 is 29.4 Å². The van der Waals surface area contributed by atoms with Crippen molar-refractivity contribution in [1.29, 1.82) is 0 Å². The summed E-state index contributed by atoms with van der Waals surface area (Å²) in [5, 5.41) is 0. The van der Waals surface area contributed by atoms with E-state index in [1.54, 1.807) is 10.9 Å². The first-order chi connectivity index (χ1) is 10.4. The molecule has 9 heteroatoms. The van der Waals surface area contributed by atoms with E-state index in [2.05, 4.69) is 9.97 Å². The lowest BCUT2D eigenvalue weighted by Crippen LogP contribution is -2.39. The molecule has 0 amide bonds. The van der Waals surface area contributed by atoms with E-state index in [0.29, 0.717) is 12.2 Å². The molecule has 3 aliphatic heterocycles. The molecule has 9 nitrogen and oxygen atoms in total. The maximum atomic E-state index is 12.3. The van der Waals surface area contributed by atoms with Crippen LogP contribution in [0, 0.1) is 0 Å². The molecular weight excluding hydrogens is 292 g/mol. The van der Waals surface area contributed by atoms with Crippen LogP contribution in [0.15, 0.2) is 15.9 Å². The topological polar surface area (TPSA) is 100 Å². The quantitative estimate of drug-likeness (QED) is 0.692. The van der Waals surface area contributed by atoms with Crippen LogP contribution in [0.25, 0.3) is 11.2 Å². The molecule has 116 valence electrons. The van der Waals surface area contributed by atoms with Gasteiger partial charge in [-0.15, -0.1) is 0 Å². The van der Waals surface area contributed by atoms with Crippen LogP contribution in [0.1, 0.15) is 20.1 Å². The molecule has 0 radical (unpaired) electrons. The summed E-state index contributed by atoms with van der Waals surface area (Å²) in [6, 6.07) is 0. The van der Waals surface area contributed by atoms with E-state index in [1.165, 1.54) is 4.57 Å². The maximum absolute atomic E-state index is 12.3. The highest BCUT2D eigenvalue weighted by Gasteiger charge is 2.57. The van der Waals surface area contributed by atoms with Gasteiger partial charge in [-0.05, 0) is 13.8 Å². The van der Waals surface area contributed by atoms with Crippen LogP contribution in [-0.4, -0.2) is 43.2 Å². The molecule has 0 aromatic carbocycles. The summed E-state index contributed by atoms with van der Waals surface area (Å²) in [6.07, 6.45) is 0.000557. The van der Waals surface area contributed by atoms with Gasteiger partial charge in [0, 0.05) is 0 Å². The van der Waals surface area contributed by atoms with Crippen molar-refractivity contribution >= 4 is 11.2 Å². The fourth-order valence-electron chi connectivity index (χ4n) is 3.68. The molecule has 1 N–H and O–H groups in total. The third-order valence-corrected chi connectivity index (χ3v) is 4.45.